The smallest absolute Gasteiger partial charge is 0.307 e. The molecule has 5 heteroatoms. The summed E-state index contributed by atoms with van der Waals surface area (Å²) < 4.78 is 2.18. The Labute approximate surface area is 124 Å². The average molecular weight is 287 g/mol. The van der Waals surface area contributed by atoms with E-state index >= 15 is 0 Å². The van der Waals surface area contributed by atoms with E-state index in [0.717, 1.165) is 29.7 Å². The lowest BCUT2D eigenvalue weighted by atomic mass is 9.95. The first-order valence-electron chi connectivity index (χ1n) is 7.53. The van der Waals surface area contributed by atoms with Crippen molar-refractivity contribution in [3.63, 3.8) is 0 Å². The molecule has 0 amide bonds. The fraction of sp³-hybridized carbons (Fsp3) is 0.562. The molecule has 3 atom stereocenters. The maximum atomic E-state index is 11.6. The monoisotopic (exact) mass is 287 g/mol. The number of fused-ring (bicyclic) bond motifs is 1. The maximum Gasteiger partial charge on any atom is 0.307 e. The van der Waals surface area contributed by atoms with E-state index in [1.54, 1.807) is 12.4 Å². The molecule has 5 nitrogen and oxygen atoms in total. The fourth-order valence-corrected chi connectivity index (χ4v) is 3.62. The molecule has 0 radical (unpaired) electrons. The van der Waals surface area contributed by atoms with Gasteiger partial charge in [0.15, 0.2) is 0 Å². The van der Waals surface area contributed by atoms with Crippen molar-refractivity contribution in [1.82, 2.24) is 14.5 Å². The molecule has 0 aliphatic heterocycles. The van der Waals surface area contributed by atoms with E-state index in [2.05, 4.69) is 30.3 Å². The van der Waals surface area contributed by atoms with E-state index in [1.807, 2.05) is 6.07 Å². The van der Waals surface area contributed by atoms with Crippen LogP contribution < -0.4 is 0 Å². The van der Waals surface area contributed by atoms with Gasteiger partial charge in [-0.05, 0) is 38.7 Å². The van der Waals surface area contributed by atoms with Crippen LogP contribution in [0.1, 0.15) is 51.4 Å². The van der Waals surface area contributed by atoms with Gasteiger partial charge in [0.2, 0.25) is 0 Å². The second-order valence-corrected chi connectivity index (χ2v) is 6.43. The van der Waals surface area contributed by atoms with Crippen molar-refractivity contribution in [2.75, 3.05) is 0 Å². The van der Waals surface area contributed by atoms with Crippen LogP contribution in [0.3, 0.4) is 0 Å². The SMILES string of the molecule is CC1CC(C(=O)O)C(c2nc3cnccc3n2C(C)C)C1. The van der Waals surface area contributed by atoms with Crippen molar-refractivity contribution >= 4 is 17.0 Å². The topological polar surface area (TPSA) is 68.0 Å². The Morgan fingerprint density at radius 3 is 2.86 bits per heavy atom. The van der Waals surface area contributed by atoms with Gasteiger partial charge in [0.05, 0.1) is 17.6 Å². The summed E-state index contributed by atoms with van der Waals surface area (Å²) in [5.74, 6) is 0.291. The Morgan fingerprint density at radius 2 is 2.19 bits per heavy atom. The molecule has 112 valence electrons. The van der Waals surface area contributed by atoms with Crippen molar-refractivity contribution in [1.29, 1.82) is 0 Å². The second kappa shape index (κ2) is 5.13. The molecule has 2 heterocycles. The Balaban J connectivity index is 2.15. The van der Waals surface area contributed by atoms with E-state index < -0.39 is 5.97 Å². The highest BCUT2D eigenvalue weighted by molar-refractivity contribution is 5.76. The van der Waals surface area contributed by atoms with Gasteiger partial charge in [0.25, 0.3) is 0 Å². The fourth-order valence-electron chi connectivity index (χ4n) is 3.62. The number of carbonyl (C=O) groups is 1. The van der Waals surface area contributed by atoms with Crippen LogP contribution in [-0.2, 0) is 4.79 Å². The summed E-state index contributed by atoms with van der Waals surface area (Å²) in [6.45, 7) is 6.35. The third kappa shape index (κ3) is 2.30. The van der Waals surface area contributed by atoms with Gasteiger partial charge in [-0.2, -0.15) is 0 Å². The van der Waals surface area contributed by atoms with Crippen LogP contribution >= 0.6 is 0 Å². The summed E-state index contributed by atoms with van der Waals surface area (Å²) in [6, 6.07) is 2.21. The normalized spacial score (nSPS) is 25.8. The first-order chi connectivity index (χ1) is 9.99. The standard InChI is InChI=1S/C16H21N3O2/c1-9(2)19-14-4-5-17-8-13(14)18-15(19)11-6-10(3)7-12(11)16(20)21/h4-5,8-12H,6-7H2,1-3H3,(H,20,21). The highest BCUT2D eigenvalue weighted by Crippen LogP contribution is 2.44. The van der Waals surface area contributed by atoms with Gasteiger partial charge in [0, 0.05) is 18.2 Å². The molecule has 2 aromatic heterocycles. The van der Waals surface area contributed by atoms with Crippen molar-refractivity contribution < 1.29 is 9.90 Å². The van der Waals surface area contributed by atoms with E-state index in [1.165, 1.54) is 0 Å². The van der Waals surface area contributed by atoms with Crippen LogP contribution in [0.2, 0.25) is 0 Å². The molecule has 0 spiro atoms. The minimum atomic E-state index is -0.704. The molecular formula is C16H21N3O2. The molecule has 1 fully saturated rings. The van der Waals surface area contributed by atoms with Gasteiger partial charge in [0.1, 0.15) is 11.3 Å². The van der Waals surface area contributed by atoms with Crippen LogP contribution in [0.5, 0.6) is 0 Å². The number of pyridine rings is 1. The van der Waals surface area contributed by atoms with E-state index in [4.69, 9.17) is 4.98 Å². The lowest BCUT2D eigenvalue weighted by molar-refractivity contribution is -0.142. The molecule has 1 aliphatic rings. The summed E-state index contributed by atoms with van der Waals surface area (Å²) in [5, 5.41) is 9.52. The van der Waals surface area contributed by atoms with E-state index in [-0.39, 0.29) is 17.9 Å². The first-order valence-corrected chi connectivity index (χ1v) is 7.53. The Kier molecular flexibility index (Phi) is 3.43. The van der Waals surface area contributed by atoms with E-state index in [9.17, 15) is 9.90 Å². The highest BCUT2D eigenvalue weighted by atomic mass is 16.4. The third-order valence-electron chi connectivity index (χ3n) is 4.48. The zero-order valence-corrected chi connectivity index (χ0v) is 12.7. The predicted octanol–water partition coefficient (Wildman–Crippen LogP) is 3.23. The molecule has 1 N–H and O–H groups in total. The van der Waals surface area contributed by atoms with E-state index in [0.29, 0.717) is 5.92 Å². The van der Waals surface area contributed by atoms with Crippen LogP contribution in [0, 0.1) is 11.8 Å². The average Bonchev–Trinajstić information content (AvgIpc) is 2.98. The lowest BCUT2D eigenvalue weighted by Crippen LogP contribution is -2.20. The number of imidazole rings is 1. The van der Waals surface area contributed by atoms with Crippen molar-refractivity contribution in [2.45, 2.75) is 45.6 Å². The number of carboxylic acid groups (broad SMARTS) is 1. The number of hydrogen-bond donors (Lipinski definition) is 1. The van der Waals surface area contributed by atoms with Crippen molar-refractivity contribution in [2.24, 2.45) is 11.8 Å². The highest BCUT2D eigenvalue weighted by Gasteiger charge is 2.40. The Hall–Kier alpha value is -1.91. The first kappa shape index (κ1) is 14.0. The molecule has 2 aromatic rings. The van der Waals surface area contributed by atoms with Gasteiger partial charge >= 0.3 is 5.97 Å². The molecule has 1 aliphatic carbocycles. The van der Waals surface area contributed by atoms with Gasteiger partial charge in [-0.25, -0.2) is 4.98 Å². The molecule has 0 bridgehead atoms. The number of nitrogens with zero attached hydrogens (tertiary/aromatic N) is 3. The minimum Gasteiger partial charge on any atom is -0.481 e. The maximum absolute atomic E-state index is 11.6. The Morgan fingerprint density at radius 1 is 1.43 bits per heavy atom. The summed E-state index contributed by atoms with van der Waals surface area (Å²) in [4.78, 5) is 20.4. The second-order valence-electron chi connectivity index (χ2n) is 6.43. The lowest BCUT2D eigenvalue weighted by Gasteiger charge is -2.20. The zero-order chi connectivity index (χ0) is 15.1. The van der Waals surface area contributed by atoms with Gasteiger partial charge in [-0.3, -0.25) is 9.78 Å². The summed E-state index contributed by atoms with van der Waals surface area (Å²) in [5.41, 5.74) is 1.89. The quantitative estimate of drug-likeness (QED) is 0.941. The Bertz CT molecular complexity index is 677. The number of rotatable bonds is 3. The molecule has 0 aromatic carbocycles. The number of aromatic nitrogens is 3. The number of carboxylic acids is 1. The van der Waals surface area contributed by atoms with Crippen LogP contribution in [-0.4, -0.2) is 25.6 Å². The molecule has 3 unspecified atom stereocenters. The molecular weight excluding hydrogens is 266 g/mol. The summed E-state index contributed by atoms with van der Waals surface area (Å²) >= 11 is 0. The molecule has 0 saturated heterocycles. The largest absolute Gasteiger partial charge is 0.481 e. The summed E-state index contributed by atoms with van der Waals surface area (Å²) in [6.07, 6.45) is 5.14. The molecule has 3 rings (SSSR count). The van der Waals surface area contributed by atoms with Crippen molar-refractivity contribution in [3.8, 4) is 0 Å². The molecule has 21 heavy (non-hydrogen) atoms. The third-order valence-corrected chi connectivity index (χ3v) is 4.48. The molecule has 1 saturated carbocycles. The van der Waals surface area contributed by atoms with Gasteiger partial charge in [-0.1, -0.05) is 6.92 Å². The minimum absolute atomic E-state index is 0.00713. The predicted molar refractivity (Wildman–Crippen MR) is 80.2 cm³/mol. The van der Waals surface area contributed by atoms with Gasteiger partial charge in [-0.15, -0.1) is 0 Å². The van der Waals surface area contributed by atoms with Gasteiger partial charge < -0.3 is 9.67 Å². The van der Waals surface area contributed by atoms with Crippen LogP contribution in [0.4, 0.5) is 0 Å². The van der Waals surface area contributed by atoms with Crippen LogP contribution in [0.25, 0.3) is 11.0 Å². The summed E-state index contributed by atoms with van der Waals surface area (Å²) in [7, 11) is 0. The number of hydrogen-bond acceptors (Lipinski definition) is 3. The number of aliphatic carboxylic acids is 1. The van der Waals surface area contributed by atoms with Crippen molar-refractivity contribution in [3.05, 3.63) is 24.3 Å². The van der Waals surface area contributed by atoms with Crippen LogP contribution in [0.15, 0.2) is 18.5 Å². The zero-order valence-electron chi connectivity index (χ0n) is 12.7.